The Morgan fingerprint density at radius 3 is 2.66 bits per heavy atom. The van der Waals surface area contributed by atoms with E-state index in [9.17, 15) is 14.0 Å². The molecule has 0 saturated carbocycles. The van der Waals surface area contributed by atoms with Crippen molar-refractivity contribution in [1.29, 1.82) is 0 Å². The predicted molar refractivity (Wildman–Crippen MR) is 164 cm³/mol. The smallest absolute Gasteiger partial charge is 0.257 e. The average Bonchev–Trinajstić information content (AvgIpc) is 3.80. The van der Waals surface area contributed by atoms with Crippen LogP contribution in [-0.2, 0) is 22.6 Å². The molecule has 2 aromatic carbocycles. The summed E-state index contributed by atoms with van der Waals surface area (Å²) >= 11 is 7.96. The predicted octanol–water partition coefficient (Wildman–Crippen LogP) is 4.94. The minimum absolute atomic E-state index is 0.0552. The summed E-state index contributed by atoms with van der Waals surface area (Å²) in [5.41, 5.74) is 3.43. The molecule has 0 radical (unpaired) electrons. The maximum Gasteiger partial charge on any atom is 0.257 e. The second-order valence-corrected chi connectivity index (χ2v) is 12.2. The van der Waals surface area contributed by atoms with Crippen molar-refractivity contribution in [3.8, 4) is 11.1 Å². The number of piperazine rings is 1. The molecule has 2 unspecified atom stereocenters. The molecule has 2 aliphatic rings. The van der Waals surface area contributed by atoms with Gasteiger partial charge in [0.1, 0.15) is 12.0 Å². The highest BCUT2D eigenvalue weighted by Gasteiger charge is 2.34. The number of anilines is 2. The Labute approximate surface area is 259 Å². The Morgan fingerprint density at radius 2 is 1.93 bits per heavy atom. The fourth-order valence-electron chi connectivity index (χ4n) is 5.95. The lowest BCUT2D eigenvalue weighted by molar-refractivity contribution is -0.129. The maximum absolute atomic E-state index is 15.6. The molecule has 14 heteroatoms. The minimum atomic E-state index is -1.08. The van der Waals surface area contributed by atoms with E-state index in [1.165, 1.54) is 34.6 Å². The minimum Gasteiger partial charge on any atom is -0.367 e. The van der Waals surface area contributed by atoms with E-state index in [4.69, 9.17) is 11.6 Å². The second kappa shape index (κ2) is 11.3. The first-order valence-electron chi connectivity index (χ1n) is 14.1. The van der Waals surface area contributed by atoms with Crippen molar-refractivity contribution in [3.05, 3.63) is 76.7 Å². The summed E-state index contributed by atoms with van der Waals surface area (Å²) in [7, 11) is 0. The van der Waals surface area contributed by atoms with Crippen molar-refractivity contribution in [2.75, 3.05) is 36.4 Å². The molecule has 44 heavy (non-hydrogen) atoms. The number of fused-ring (bicyclic) bond motifs is 2. The lowest BCUT2D eigenvalue weighted by Crippen LogP contribution is -2.48. The molecule has 2 atom stereocenters. The molecule has 2 aliphatic heterocycles. The first kappa shape index (κ1) is 28.4. The molecular weight excluding hydrogens is 610 g/mol. The van der Waals surface area contributed by atoms with E-state index in [1.807, 2.05) is 12.1 Å². The largest absolute Gasteiger partial charge is 0.367 e. The van der Waals surface area contributed by atoms with E-state index in [-0.39, 0.29) is 24.3 Å². The van der Waals surface area contributed by atoms with Gasteiger partial charge >= 0.3 is 0 Å². The first-order chi connectivity index (χ1) is 21.2. The first-order valence-corrected chi connectivity index (χ1v) is 15.4. The fourth-order valence-corrected chi connectivity index (χ4v) is 6.78. The van der Waals surface area contributed by atoms with Gasteiger partial charge in [0.25, 0.3) is 5.91 Å². The summed E-state index contributed by atoms with van der Waals surface area (Å²) in [6.07, 6.45) is 3.62. The number of amides is 2. The summed E-state index contributed by atoms with van der Waals surface area (Å²) in [6, 6.07) is 7.65. The third-order valence-corrected chi connectivity index (χ3v) is 9.15. The zero-order chi connectivity index (χ0) is 30.5. The maximum atomic E-state index is 15.6. The van der Waals surface area contributed by atoms with Gasteiger partial charge in [0.05, 0.1) is 40.2 Å². The zero-order valence-corrected chi connectivity index (χ0v) is 25.2. The van der Waals surface area contributed by atoms with Crippen molar-refractivity contribution in [2.24, 2.45) is 0 Å². The van der Waals surface area contributed by atoms with Crippen molar-refractivity contribution in [1.82, 2.24) is 29.2 Å². The number of alkyl halides is 1. The Morgan fingerprint density at radius 1 is 1.11 bits per heavy atom. The molecular formula is C30H27ClF2N8O2S. The van der Waals surface area contributed by atoms with Crippen LogP contribution < -0.4 is 10.2 Å². The molecule has 5 heterocycles. The van der Waals surface area contributed by atoms with Gasteiger partial charge in [-0.25, -0.2) is 18.7 Å². The number of nitrogens with one attached hydrogen (secondary N) is 1. The number of carbonyl (C=O) groups excluding carboxylic acids is 2. The number of imidazole rings is 1. The van der Waals surface area contributed by atoms with Crippen LogP contribution in [0.1, 0.15) is 24.4 Å². The molecule has 10 nitrogen and oxygen atoms in total. The van der Waals surface area contributed by atoms with Gasteiger partial charge < -0.3 is 14.4 Å². The third kappa shape index (κ3) is 5.19. The number of carbonyl (C=O) groups is 2. The van der Waals surface area contributed by atoms with Crippen LogP contribution in [0.15, 0.2) is 54.4 Å². The van der Waals surface area contributed by atoms with Crippen LogP contribution in [-0.4, -0.2) is 73.4 Å². The van der Waals surface area contributed by atoms with E-state index in [0.717, 1.165) is 5.69 Å². The van der Waals surface area contributed by atoms with Crippen molar-refractivity contribution >= 4 is 56.5 Å². The molecule has 226 valence electrons. The molecule has 7 rings (SSSR count). The SMILES string of the molecule is CC(=O)N1CCN(c2ccc(-c3cc(F)c4cn(C(C(=O)Nc5nccs5)c5ncn6c5CC(F)C6)nc4c3)cc2Cl)CC1. The van der Waals surface area contributed by atoms with Crippen molar-refractivity contribution < 1.29 is 18.4 Å². The molecule has 3 aromatic heterocycles. The van der Waals surface area contributed by atoms with Gasteiger partial charge in [0, 0.05) is 63.0 Å². The Kier molecular flexibility index (Phi) is 7.29. The van der Waals surface area contributed by atoms with E-state index >= 15 is 4.39 Å². The number of rotatable bonds is 6. The second-order valence-electron chi connectivity index (χ2n) is 10.9. The molecule has 1 N–H and O–H groups in total. The van der Waals surface area contributed by atoms with Gasteiger partial charge in [0.2, 0.25) is 5.91 Å². The van der Waals surface area contributed by atoms with Gasteiger partial charge in [0.15, 0.2) is 11.2 Å². The van der Waals surface area contributed by atoms with Gasteiger partial charge in [-0.3, -0.25) is 19.6 Å². The van der Waals surface area contributed by atoms with Gasteiger partial charge in [-0.1, -0.05) is 17.7 Å². The number of thiazole rings is 1. The van der Waals surface area contributed by atoms with E-state index in [2.05, 4.69) is 25.3 Å². The normalized spacial score (nSPS) is 17.2. The number of aromatic nitrogens is 5. The van der Waals surface area contributed by atoms with Crippen LogP contribution in [0.25, 0.3) is 22.0 Å². The van der Waals surface area contributed by atoms with E-state index in [0.29, 0.717) is 64.4 Å². The summed E-state index contributed by atoms with van der Waals surface area (Å²) in [4.78, 5) is 37.8. The molecule has 0 aliphatic carbocycles. The topological polar surface area (TPSA) is 101 Å². The molecule has 1 fully saturated rings. The highest BCUT2D eigenvalue weighted by Crippen LogP contribution is 2.35. The number of hydrogen-bond donors (Lipinski definition) is 1. The summed E-state index contributed by atoms with van der Waals surface area (Å²) in [5.74, 6) is -0.925. The Hall–Kier alpha value is -4.36. The molecule has 1 saturated heterocycles. The number of halogens is 3. The van der Waals surface area contributed by atoms with Crippen LogP contribution in [0.4, 0.5) is 19.6 Å². The highest BCUT2D eigenvalue weighted by atomic mass is 35.5. The van der Waals surface area contributed by atoms with E-state index in [1.54, 1.807) is 40.1 Å². The van der Waals surface area contributed by atoms with Crippen LogP contribution in [0.3, 0.4) is 0 Å². The van der Waals surface area contributed by atoms with Gasteiger partial charge in [-0.2, -0.15) is 5.10 Å². The van der Waals surface area contributed by atoms with Crippen molar-refractivity contribution in [2.45, 2.75) is 32.1 Å². The lowest BCUT2D eigenvalue weighted by Gasteiger charge is -2.36. The number of benzene rings is 2. The quantitative estimate of drug-likeness (QED) is 0.283. The monoisotopic (exact) mass is 636 g/mol. The Bertz CT molecular complexity index is 1880. The van der Waals surface area contributed by atoms with Crippen molar-refractivity contribution in [3.63, 3.8) is 0 Å². The number of nitrogens with zero attached hydrogens (tertiary/aromatic N) is 7. The fraction of sp³-hybridized carbons (Fsp3) is 0.300. The van der Waals surface area contributed by atoms with Gasteiger partial charge in [-0.15, -0.1) is 11.3 Å². The van der Waals surface area contributed by atoms with Crippen LogP contribution in [0, 0.1) is 5.82 Å². The summed E-state index contributed by atoms with van der Waals surface area (Å²) in [5, 5.41) is 10.3. The standard InChI is InChI=1S/C30H27ClF2N8O2S/c1-17(42)38-5-7-39(8-6-38)25-3-2-18(10-22(25)31)19-11-23(33)21-15-41(37-24(21)12-19)28(29(43)36-30-34-4-9-44-30)27-26-13-20(32)14-40(26)16-35-27/h2-4,9-12,15-16,20,28H,5-8,13-14H2,1H3,(H,34,36,43). The lowest BCUT2D eigenvalue weighted by atomic mass is 10.0. The summed E-state index contributed by atoms with van der Waals surface area (Å²) < 4.78 is 32.9. The molecule has 5 aromatic rings. The molecule has 0 bridgehead atoms. The molecule has 0 spiro atoms. The Balaban J connectivity index is 1.22. The highest BCUT2D eigenvalue weighted by molar-refractivity contribution is 7.13. The molecule has 2 amide bonds. The van der Waals surface area contributed by atoms with Crippen LogP contribution in [0.2, 0.25) is 5.02 Å². The average molecular weight is 637 g/mol. The van der Waals surface area contributed by atoms with Gasteiger partial charge in [-0.05, 0) is 35.4 Å². The summed E-state index contributed by atoms with van der Waals surface area (Å²) in [6.45, 7) is 4.31. The zero-order valence-electron chi connectivity index (χ0n) is 23.6. The van der Waals surface area contributed by atoms with E-state index < -0.39 is 23.9 Å². The van der Waals surface area contributed by atoms with Crippen LogP contribution >= 0.6 is 22.9 Å². The van der Waals surface area contributed by atoms with Crippen LogP contribution in [0.5, 0.6) is 0 Å². The number of hydrogen-bond acceptors (Lipinski definition) is 7. The third-order valence-electron chi connectivity index (χ3n) is 8.16.